The molecule has 0 saturated carbocycles. The summed E-state index contributed by atoms with van der Waals surface area (Å²) in [5.74, 6) is 0.657. The van der Waals surface area contributed by atoms with Gasteiger partial charge in [-0.25, -0.2) is 17.7 Å². The Labute approximate surface area is 145 Å². The molecule has 0 radical (unpaired) electrons. The Bertz CT molecular complexity index is 807. The van der Waals surface area contributed by atoms with Gasteiger partial charge in [0.2, 0.25) is 15.9 Å². The number of sulfonamides is 1. The summed E-state index contributed by atoms with van der Waals surface area (Å²) in [7, 11) is -0.541. The lowest BCUT2D eigenvalue weighted by Crippen LogP contribution is -2.22. The molecule has 0 aliphatic carbocycles. The second-order valence-electron chi connectivity index (χ2n) is 5.27. The van der Waals surface area contributed by atoms with Crippen LogP contribution < -0.4 is 5.32 Å². The number of aromatic nitrogens is 1. The topological polar surface area (TPSA) is 92.5 Å². The first-order chi connectivity index (χ1) is 11.2. The number of amides is 1. The smallest absolute Gasteiger partial charge is 0.256 e. The van der Waals surface area contributed by atoms with Gasteiger partial charge in [-0.05, 0) is 38.1 Å². The minimum atomic E-state index is -3.47. The number of aryl methyl sites for hydroxylation is 2. The van der Waals surface area contributed by atoms with Crippen molar-refractivity contribution in [1.29, 1.82) is 0 Å². The maximum atomic E-state index is 12.0. The van der Waals surface area contributed by atoms with Gasteiger partial charge in [0, 0.05) is 19.8 Å². The van der Waals surface area contributed by atoms with Crippen molar-refractivity contribution in [3.63, 3.8) is 0 Å². The van der Waals surface area contributed by atoms with Gasteiger partial charge in [-0.3, -0.25) is 4.79 Å². The second-order valence-corrected chi connectivity index (χ2v) is 8.35. The van der Waals surface area contributed by atoms with E-state index in [0.717, 1.165) is 15.8 Å². The fraction of sp³-hybridized carbons (Fsp3) is 0.333. The van der Waals surface area contributed by atoms with Gasteiger partial charge in [-0.1, -0.05) is 11.8 Å². The number of hydrogen-bond acceptors (Lipinski definition) is 6. The van der Waals surface area contributed by atoms with Gasteiger partial charge in [0.05, 0.1) is 16.3 Å². The molecule has 0 saturated heterocycles. The summed E-state index contributed by atoms with van der Waals surface area (Å²) < 4.78 is 30.5. The molecule has 1 amide bonds. The summed E-state index contributed by atoms with van der Waals surface area (Å²) in [6.07, 6.45) is 0. The number of carbonyl (C=O) groups excluding carboxylic acids is 1. The van der Waals surface area contributed by atoms with Crippen molar-refractivity contribution in [2.45, 2.75) is 24.0 Å². The molecule has 0 bridgehead atoms. The standard InChI is InChI=1S/C15H19N3O4S2/c1-10-11(2)22-15(16-10)23-9-14(19)17-12-5-7-13(8-6-12)24(20,21)18(3)4/h5-8H,9H2,1-4H3,(H,17,19). The highest BCUT2D eigenvalue weighted by atomic mass is 32.2. The Morgan fingerprint density at radius 3 is 2.38 bits per heavy atom. The summed E-state index contributed by atoms with van der Waals surface area (Å²) in [5.41, 5.74) is 1.33. The number of nitrogens with one attached hydrogen (secondary N) is 1. The zero-order chi connectivity index (χ0) is 17.9. The van der Waals surface area contributed by atoms with E-state index in [1.807, 2.05) is 13.8 Å². The second kappa shape index (κ2) is 7.37. The molecule has 0 aliphatic heterocycles. The van der Waals surface area contributed by atoms with Crippen LogP contribution >= 0.6 is 11.8 Å². The van der Waals surface area contributed by atoms with Crippen molar-refractivity contribution < 1.29 is 17.6 Å². The summed E-state index contributed by atoms with van der Waals surface area (Å²) in [6, 6.07) is 6.02. The maximum absolute atomic E-state index is 12.0. The third-order valence-corrected chi connectivity index (χ3v) is 5.91. The normalized spacial score (nSPS) is 11.7. The van der Waals surface area contributed by atoms with E-state index in [4.69, 9.17) is 4.42 Å². The summed E-state index contributed by atoms with van der Waals surface area (Å²) in [5, 5.41) is 3.16. The molecule has 0 unspecified atom stereocenters. The van der Waals surface area contributed by atoms with Crippen LogP contribution in [-0.2, 0) is 14.8 Å². The van der Waals surface area contributed by atoms with Gasteiger partial charge in [0.15, 0.2) is 0 Å². The van der Waals surface area contributed by atoms with Gasteiger partial charge in [0.25, 0.3) is 5.22 Å². The van der Waals surface area contributed by atoms with E-state index in [1.54, 1.807) is 12.1 Å². The van der Waals surface area contributed by atoms with Crippen molar-refractivity contribution in [3.8, 4) is 0 Å². The summed E-state index contributed by atoms with van der Waals surface area (Å²) >= 11 is 1.20. The van der Waals surface area contributed by atoms with Gasteiger partial charge in [0.1, 0.15) is 5.76 Å². The highest BCUT2D eigenvalue weighted by Gasteiger charge is 2.17. The lowest BCUT2D eigenvalue weighted by molar-refractivity contribution is -0.113. The first-order valence-corrected chi connectivity index (χ1v) is 9.52. The molecular formula is C15H19N3O4S2. The van der Waals surface area contributed by atoms with Crippen LogP contribution in [0.1, 0.15) is 11.5 Å². The lowest BCUT2D eigenvalue weighted by Gasteiger charge is -2.11. The Morgan fingerprint density at radius 1 is 1.25 bits per heavy atom. The van der Waals surface area contributed by atoms with Gasteiger partial charge in [-0.2, -0.15) is 0 Å². The molecule has 1 aromatic carbocycles. The molecule has 1 aromatic heterocycles. The fourth-order valence-corrected chi connectivity index (χ4v) is 3.36. The van der Waals surface area contributed by atoms with Crippen LogP contribution in [0.15, 0.2) is 38.8 Å². The van der Waals surface area contributed by atoms with Crippen LogP contribution in [0.4, 0.5) is 5.69 Å². The number of hydrogen-bond donors (Lipinski definition) is 1. The predicted octanol–water partition coefficient (Wildman–Crippen LogP) is 2.27. The molecule has 0 aliphatic rings. The van der Waals surface area contributed by atoms with E-state index < -0.39 is 10.0 Å². The van der Waals surface area contributed by atoms with Crippen LogP contribution in [0.25, 0.3) is 0 Å². The van der Waals surface area contributed by atoms with Crippen molar-refractivity contribution in [3.05, 3.63) is 35.7 Å². The fourth-order valence-electron chi connectivity index (χ4n) is 1.75. The minimum absolute atomic E-state index is 0.150. The van der Waals surface area contributed by atoms with Gasteiger partial charge < -0.3 is 9.73 Å². The lowest BCUT2D eigenvalue weighted by atomic mass is 10.3. The van der Waals surface area contributed by atoms with Crippen molar-refractivity contribution in [1.82, 2.24) is 9.29 Å². The van der Waals surface area contributed by atoms with E-state index in [0.29, 0.717) is 10.9 Å². The van der Waals surface area contributed by atoms with Crippen LogP contribution in [0, 0.1) is 13.8 Å². The molecular weight excluding hydrogens is 350 g/mol. The first kappa shape index (κ1) is 18.5. The molecule has 9 heteroatoms. The van der Waals surface area contributed by atoms with Crippen molar-refractivity contribution in [2.75, 3.05) is 25.2 Å². The SMILES string of the molecule is Cc1nc(SCC(=O)Nc2ccc(S(=O)(=O)N(C)C)cc2)oc1C. The maximum Gasteiger partial charge on any atom is 0.256 e. The summed E-state index contributed by atoms with van der Waals surface area (Å²) in [4.78, 5) is 16.3. The number of rotatable bonds is 6. The van der Waals surface area contributed by atoms with E-state index in [-0.39, 0.29) is 16.6 Å². The Hall–Kier alpha value is -1.84. The Morgan fingerprint density at radius 2 is 1.88 bits per heavy atom. The third-order valence-electron chi connectivity index (χ3n) is 3.25. The molecule has 7 nitrogen and oxygen atoms in total. The first-order valence-electron chi connectivity index (χ1n) is 7.09. The number of oxazole rings is 1. The molecule has 2 rings (SSSR count). The number of thioether (sulfide) groups is 1. The third kappa shape index (κ3) is 4.37. The quantitative estimate of drug-likeness (QED) is 0.785. The zero-order valence-electron chi connectivity index (χ0n) is 13.9. The van der Waals surface area contributed by atoms with Crippen LogP contribution in [0.3, 0.4) is 0 Å². The van der Waals surface area contributed by atoms with Gasteiger partial charge >= 0.3 is 0 Å². The zero-order valence-corrected chi connectivity index (χ0v) is 15.5. The molecule has 0 atom stereocenters. The Kier molecular flexibility index (Phi) is 5.68. The molecule has 0 spiro atoms. The molecule has 0 fully saturated rings. The molecule has 1 N–H and O–H groups in total. The van der Waals surface area contributed by atoms with Gasteiger partial charge in [-0.15, -0.1) is 0 Å². The van der Waals surface area contributed by atoms with Crippen molar-refractivity contribution >= 4 is 33.4 Å². The highest BCUT2D eigenvalue weighted by molar-refractivity contribution is 7.99. The predicted molar refractivity (Wildman–Crippen MR) is 92.6 cm³/mol. The molecule has 130 valence electrons. The largest absolute Gasteiger partial charge is 0.437 e. The average Bonchev–Trinajstić information content (AvgIpc) is 2.84. The van der Waals surface area contributed by atoms with E-state index >= 15 is 0 Å². The molecule has 1 heterocycles. The van der Waals surface area contributed by atoms with Crippen molar-refractivity contribution in [2.24, 2.45) is 0 Å². The number of nitrogens with zero attached hydrogens (tertiary/aromatic N) is 2. The molecule has 2 aromatic rings. The Balaban J connectivity index is 1.95. The number of benzene rings is 1. The average molecular weight is 369 g/mol. The highest BCUT2D eigenvalue weighted by Crippen LogP contribution is 2.21. The van der Waals surface area contributed by atoms with E-state index in [9.17, 15) is 13.2 Å². The van der Waals surface area contributed by atoms with E-state index in [1.165, 1.54) is 38.0 Å². The van der Waals surface area contributed by atoms with Crippen LogP contribution in [-0.4, -0.2) is 43.5 Å². The monoisotopic (exact) mass is 369 g/mol. The summed E-state index contributed by atoms with van der Waals surface area (Å²) in [6.45, 7) is 3.65. The van der Waals surface area contributed by atoms with Crippen LogP contribution in [0.5, 0.6) is 0 Å². The van der Waals surface area contributed by atoms with E-state index in [2.05, 4.69) is 10.3 Å². The van der Waals surface area contributed by atoms with Crippen LogP contribution in [0.2, 0.25) is 0 Å². The minimum Gasteiger partial charge on any atom is -0.437 e. The molecule has 24 heavy (non-hydrogen) atoms. The number of anilines is 1. The number of carbonyl (C=O) groups is 1.